The lowest BCUT2D eigenvalue weighted by Gasteiger charge is -2.43. The van der Waals surface area contributed by atoms with Crippen molar-refractivity contribution in [2.75, 3.05) is 31.1 Å². The smallest absolute Gasteiger partial charge is 0.369 e. The van der Waals surface area contributed by atoms with Crippen LogP contribution >= 0.6 is 0 Å². The summed E-state index contributed by atoms with van der Waals surface area (Å²) in [5, 5.41) is 0. The van der Waals surface area contributed by atoms with Gasteiger partial charge in [0.25, 0.3) is 0 Å². The summed E-state index contributed by atoms with van der Waals surface area (Å²) in [6.07, 6.45) is -3.64. The highest BCUT2D eigenvalue weighted by molar-refractivity contribution is 5.67. The van der Waals surface area contributed by atoms with Gasteiger partial charge in [0.1, 0.15) is 0 Å². The van der Waals surface area contributed by atoms with Gasteiger partial charge in [0.15, 0.2) is 11.9 Å². The van der Waals surface area contributed by atoms with E-state index in [2.05, 4.69) is 0 Å². The second kappa shape index (κ2) is 7.09. The molecule has 0 aromatic heterocycles. The SMILES string of the molecule is N[C@](C=O)(c1ccccc1)N1CCN(c2cccc(C(F)(F)F)c2)CC1. The number of aldehydes is 1. The minimum absolute atomic E-state index is 0.473. The van der Waals surface area contributed by atoms with Gasteiger partial charge in [-0.2, -0.15) is 13.2 Å². The Balaban J connectivity index is 1.74. The number of halogens is 3. The highest BCUT2D eigenvalue weighted by Gasteiger charge is 2.36. The molecule has 2 N–H and O–H groups in total. The van der Waals surface area contributed by atoms with Crippen molar-refractivity contribution in [3.8, 4) is 0 Å². The van der Waals surface area contributed by atoms with Crippen LogP contribution in [-0.2, 0) is 16.6 Å². The first kappa shape index (κ1) is 18.4. The van der Waals surface area contributed by atoms with Crippen molar-refractivity contribution in [2.45, 2.75) is 11.8 Å². The third-order valence-electron chi connectivity index (χ3n) is 4.76. The van der Waals surface area contributed by atoms with E-state index in [1.165, 1.54) is 6.07 Å². The molecule has 1 atom stereocenters. The fourth-order valence-corrected chi connectivity index (χ4v) is 3.24. The van der Waals surface area contributed by atoms with Crippen molar-refractivity contribution < 1.29 is 18.0 Å². The number of rotatable bonds is 4. The second-order valence-electron chi connectivity index (χ2n) is 6.33. The molecule has 1 aliphatic heterocycles. The minimum Gasteiger partial charge on any atom is -0.369 e. The molecule has 1 aliphatic rings. The lowest BCUT2D eigenvalue weighted by Crippen LogP contribution is -2.60. The Kier molecular flexibility index (Phi) is 5.02. The zero-order valence-electron chi connectivity index (χ0n) is 14.1. The first-order valence-electron chi connectivity index (χ1n) is 8.32. The van der Waals surface area contributed by atoms with Crippen LogP contribution in [0.15, 0.2) is 54.6 Å². The predicted molar refractivity (Wildman–Crippen MR) is 93.6 cm³/mol. The number of carbonyl (C=O) groups excluding carboxylic acids is 1. The molecular formula is C19H20F3N3O. The Morgan fingerprint density at radius 2 is 1.50 bits per heavy atom. The van der Waals surface area contributed by atoms with Crippen LogP contribution in [0.3, 0.4) is 0 Å². The number of hydrogen-bond acceptors (Lipinski definition) is 4. The van der Waals surface area contributed by atoms with E-state index in [1.54, 1.807) is 18.2 Å². The molecule has 3 rings (SSSR count). The highest BCUT2D eigenvalue weighted by Crippen LogP contribution is 2.32. The van der Waals surface area contributed by atoms with Crippen molar-refractivity contribution in [2.24, 2.45) is 5.73 Å². The quantitative estimate of drug-likeness (QED) is 0.849. The van der Waals surface area contributed by atoms with E-state index in [1.807, 2.05) is 28.0 Å². The van der Waals surface area contributed by atoms with Crippen LogP contribution in [0.2, 0.25) is 0 Å². The maximum absolute atomic E-state index is 12.9. The molecule has 0 spiro atoms. The fraction of sp³-hybridized carbons (Fsp3) is 0.316. The van der Waals surface area contributed by atoms with E-state index in [4.69, 9.17) is 5.73 Å². The van der Waals surface area contributed by atoms with Crippen LogP contribution in [0.4, 0.5) is 18.9 Å². The number of nitrogens with two attached hydrogens (primary N) is 1. The molecule has 26 heavy (non-hydrogen) atoms. The molecular weight excluding hydrogens is 343 g/mol. The van der Waals surface area contributed by atoms with E-state index < -0.39 is 17.4 Å². The first-order valence-corrected chi connectivity index (χ1v) is 8.32. The molecule has 0 bridgehead atoms. The van der Waals surface area contributed by atoms with Gasteiger partial charge in [0.05, 0.1) is 5.56 Å². The van der Waals surface area contributed by atoms with Crippen LogP contribution in [0.25, 0.3) is 0 Å². The van der Waals surface area contributed by atoms with Gasteiger partial charge in [-0.3, -0.25) is 9.69 Å². The standard InChI is InChI=1S/C19H20F3N3O/c20-19(21,22)16-7-4-8-17(13-16)24-9-11-25(12-10-24)18(23,14-26)15-5-2-1-3-6-15/h1-8,13-14H,9-12,23H2/t18-/m0/s1. The van der Waals surface area contributed by atoms with Gasteiger partial charge in [-0.15, -0.1) is 0 Å². The van der Waals surface area contributed by atoms with E-state index in [0.29, 0.717) is 37.4 Å². The summed E-state index contributed by atoms with van der Waals surface area (Å²) in [5.41, 5.74) is 5.67. The third-order valence-corrected chi connectivity index (χ3v) is 4.76. The molecule has 2 aromatic rings. The van der Waals surface area contributed by atoms with Gasteiger partial charge in [-0.1, -0.05) is 36.4 Å². The van der Waals surface area contributed by atoms with Crippen LogP contribution in [0.1, 0.15) is 11.1 Å². The molecule has 1 saturated heterocycles. The molecule has 4 nitrogen and oxygen atoms in total. The lowest BCUT2D eigenvalue weighted by atomic mass is 9.99. The molecule has 0 saturated carbocycles. The molecule has 1 heterocycles. The lowest BCUT2D eigenvalue weighted by molar-refractivity contribution is -0.137. The van der Waals surface area contributed by atoms with Crippen molar-refractivity contribution in [1.82, 2.24) is 4.90 Å². The van der Waals surface area contributed by atoms with Crippen LogP contribution in [0, 0.1) is 0 Å². The number of alkyl halides is 3. The number of nitrogens with zero attached hydrogens (tertiary/aromatic N) is 2. The van der Waals surface area contributed by atoms with Gasteiger partial charge in [0, 0.05) is 31.9 Å². The molecule has 1 fully saturated rings. The number of benzene rings is 2. The predicted octanol–water partition coefficient (Wildman–Crippen LogP) is 2.84. The van der Waals surface area contributed by atoms with Crippen LogP contribution in [0.5, 0.6) is 0 Å². The minimum atomic E-state index is -4.37. The monoisotopic (exact) mass is 363 g/mol. The van der Waals surface area contributed by atoms with Gasteiger partial charge < -0.3 is 10.6 Å². The normalized spacial score (nSPS) is 18.4. The number of anilines is 1. The first-order chi connectivity index (χ1) is 12.3. The molecule has 0 radical (unpaired) electrons. The average molecular weight is 363 g/mol. The Morgan fingerprint density at radius 3 is 2.08 bits per heavy atom. The summed E-state index contributed by atoms with van der Waals surface area (Å²) in [6, 6.07) is 14.4. The molecule has 0 unspecified atom stereocenters. The number of piperazine rings is 1. The van der Waals surface area contributed by atoms with Crippen LogP contribution < -0.4 is 10.6 Å². The van der Waals surface area contributed by atoms with E-state index in [-0.39, 0.29) is 0 Å². The number of carbonyl (C=O) groups is 1. The zero-order valence-corrected chi connectivity index (χ0v) is 14.1. The average Bonchev–Trinajstić information content (AvgIpc) is 2.67. The number of hydrogen-bond donors (Lipinski definition) is 1. The fourth-order valence-electron chi connectivity index (χ4n) is 3.24. The molecule has 138 valence electrons. The summed E-state index contributed by atoms with van der Waals surface area (Å²) < 4.78 is 38.7. The molecule has 0 amide bonds. The van der Waals surface area contributed by atoms with Gasteiger partial charge >= 0.3 is 6.18 Å². The Labute approximate surface area is 150 Å². The van der Waals surface area contributed by atoms with Gasteiger partial charge in [-0.05, 0) is 23.8 Å². The summed E-state index contributed by atoms with van der Waals surface area (Å²) in [6.45, 7) is 1.92. The van der Waals surface area contributed by atoms with E-state index >= 15 is 0 Å². The second-order valence-corrected chi connectivity index (χ2v) is 6.33. The largest absolute Gasteiger partial charge is 0.416 e. The summed E-state index contributed by atoms with van der Waals surface area (Å²) in [7, 11) is 0. The Bertz CT molecular complexity index is 758. The van der Waals surface area contributed by atoms with Gasteiger partial charge in [-0.25, -0.2) is 0 Å². The van der Waals surface area contributed by atoms with Crippen molar-refractivity contribution in [1.29, 1.82) is 0 Å². The van der Waals surface area contributed by atoms with Crippen LogP contribution in [-0.4, -0.2) is 37.4 Å². The molecule has 2 aromatic carbocycles. The molecule has 0 aliphatic carbocycles. The Hall–Kier alpha value is -2.38. The highest BCUT2D eigenvalue weighted by atomic mass is 19.4. The summed E-state index contributed by atoms with van der Waals surface area (Å²) in [5.74, 6) is 0. The van der Waals surface area contributed by atoms with E-state index in [0.717, 1.165) is 18.4 Å². The maximum Gasteiger partial charge on any atom is 0.416 e. The topological polar surface area (TPSA) is 49.6 Å². The molecule has 7 heteroatoms. The van der Waals surface area contributed by atoms with Crippen molar-refractivity contribution in [3.05, 3.63) is 65.7 Å². The van der Waals surface area contributed by atoms with E-state index in [9.17, 15) is 18.0 Å². The summed E-state index contributed by atoms with van der Waals surface area (Å²) in [4.78, 5) is 15.5. The van der Waals surface area contributed by atoms with Gasteiger partial charge in [0.2, 0.25) is 0 Å². The third kappa shape index (κ3) is 3.59. The maximum atomic E-state index is 12.9. The van der Waals surface area contributed by atoms with Crippen molar-refractivity contribution >= 4 is 12.0 Å². The Morgan fingerprint density at radius 1 is 0.885 bits per heavy atom. The summed E-state index contributed by atoms with van der Waals surface area (Å²) >= 11 is 0. The van der Waals surface area contributed by atoms with Crippen molar-refractivity contribution in [3.63, 3.8) is 0 Å². The zero-order chi connectivity index (χ0) is 18.8.